The standard InChI is InChI=1S/C20H25N3OS/c24-19(21-16-9-2-1-3-10-16)18-11-6-12-23(18)13-17-14-25-20(22-17)15-7-4-5-8-15/h1-3,9-10,14-15,18H,4-8,11-13H2,(H,21,24). The predicted octanol–water partition coefficient (Wildman–Crippen LogP) is 4.40. The number of amides is 1. The van der Waals surface area contributed by atoms with E-state index in [2.05, 4.69) is 15.6 Å². The lowest BCUT2D eigenvalue weighted by Gasteiger charge is -2.22. The summed E-state index contributed by atoms with van der Waals surface area (Å²) in [4.78, 5) is 19.8. The number of likely N-dealkylation sites (tertiary alicyclic amines) is 1. The number of aromatic nitrogens is 1. The number of carbonyl (C=O) groups is 1. The van der Waals surface area contributed by atoms with Gasteiger partial charge in [-0.15, -0.1) is 11.3 Å². The summed E-state index contributed by atoms with van der Waals surface area (Å²) in [6.45, 7) is 1.76. The summed E-state index contributed by atoms with van der Waals surface area (Å²) < 4.78 is 0. The molecule has 2 fully saturated rings. The van der Waals surface area contributed by atoms with Crippen molar-refractivity contribution in [1.82, 2.24) is 9.88 Å². The maximum absolute atomic E-state index is 12.7. The number of carbonyl (C=O) groups excluding carboxylic acids is 1. The summed E-state index contributed by atoms with van der Waals surface area (Å²) in [5.74, 6) is 0.782. The van der Waals surface area contributed by atoms with Crippen LogP contribution in [-0.2, 0) is 11.3 Å². The highest BCUT2D eigenvalue weighted by molar-refractivity contribution is 7.09. The molecule has 1 aliphatic heterocycles. The van der Waals surface area contributed by atoms with Crippen LogP contribution in [0.25, 0.3) is 0 Å². The van der Waals surface area contributed by atoms with Crippen molar-refractivity contribution in [1.29, 1.82) is 0 Å². The first kappa shape index (κ1) is 16.7. The fourth-order valence-electron chi connectivity index (χ4n) is 4.02. The van der Waals surface area contributed by atoms with Crippen LogP contribution in [0.5, 0.6) is 0 Å². The number of nitrogens with one attached hydrogen (secondary N) is 1. The van der Waals surface area contributed by atoms with Gasteiger partial charge in [0.25, 0.3) is 0 Å². The third kappa shape index (κ3) is 3.93. The Kier molecular flexibility index (Phi) is 5.13. The minimum absolute atomic E-state index is 0.0446. The quantitative estimate of drug-likeness (QED) is 0.864. The molecule has 0 radical (unpaired) electrons. The van der Waals surface area contributed by atoms with Crippen LogP contribution in [0, 0.1) is 0 Å². The van der Waals surface area contributed by atoms with E-state index in [1.54, 1.807) is 11.3 Å². The van der Waals surface area contributed by atoms with Crippen LogP contribution < -0.4 is 5.32 Å². The molecular weight excluding hydrogens is 330 g/mol. The molecule has 1 N–H and O–H groups in total. The van der Waals surface area contributed by atoms with Crippen molar-refractivity contribution < 1.29 is 4.79 Å². The highest BCUT2D eigenvalue weighted by Gasteiger charge is 2.31. The number of nitrogens with zero attached hydrogens (tertiary/aromatic N) is 2. The Bertz CT molecular complexity index is 709. The second-order valence-corrected chi connectivity index (χ2v) is 8.03. The number of hydrogen-bond acceptors (Lipinski definition) is 4. The average molecular weight is 356 g/mol. The fraction of sp³-hybridized carbons (Fsp3) is 0.500. The first-order chi connectivity index (χ1) is 12.3. The number of para-hydroxylation sites is 1. The Morgan fingerprint density at radius 3 is 2.76 bits per heavy atom. The van der Waals surface area contributed by atoms with E-state index < -0.39 is 0 Å². The van der Waals surface area contributed by atoms with Crippen LogP contribution in [-0.4, -0.2) is 28.4 Å². The van der Waals surface area contributed by atoms with E-state index in [0.717, 1.165) is 37.3 Å². The second-order valence-electron chi connectivity index (χ2n) is 7.14. The van der Waals surface area contributed by atoms with Gasteiger partial charge in [0.05, 0.1) is 16.7 Å². The van der Waals surface area contributed by atoms with Gasteiger partial charge in [0.15, 0.2) is 0 Å². The monoisotopic (exact) mass is 355 g/mol. The maximum atomic E-state index is 12.7. The molecule has 1 aliphatic carbocycles. The molecule has 1 saturated heterocycles. The average Bonchev–Trinajstić information content (AvgIpc) is 3.37. The summed E-state index contributed by atoms with van der Waals surface area (Å²) in [7, 11) is 0. The molecule has 0 spiro atoms. The van der Waals surface area contributed by atoms with Crippen molar-refractivity contribution in [2.75, 3.05) is 11.9 Å². The summed E-state index contributed by atoms with van der Waals surface area (Å²) in [6, 6.07) is 9.68. The zero-order valence-electron chi connectivity index (χ0n) is 14.5. The highest BCUT2D eigenvalue weighted by atomic mass is 32.1. The summed E-state index contributed by atoms with van der Waals surface area (Å²) in [5, 5.41) is 6.55. The smallest absolute Gasteiger partial charge is 0.241 e. The van der Waals surface area contributed by atoms with Gasteiger partial charge in [0, 0.05) is 23.5 Å². The molecule has 1 amide bonds. The van der Waals surface area contributed by atoms with Crippen molar-refractivity contribution in [2.24, 2.45) is 0 Å². The van der Waals surface area contributed by atoms with E-state index in [0.29, 0.717) is 5.92 Å². The first-order valence-electron chi connectivity index (χ1n) is 9.34. The van der Waals surface area contributed by atoms with Crippen molar-refractivity contribution in [3.05, 3.63) is 46.4 Å². The van der Waals surface area contributed by atoms with Crippen molar-refractivity contribution in [2.45, 2.75) is 57.0 Å². The van der Waals surface area contributed by atoms with Gasteiger partial charge in [-0.1, -0.05) is 31.0 Å². The predicted molar refractivity (Wildman–Crippen MR) is 102 cm³/mol. The molecule has 132 valence electrons. The van der Waals surface area contributed by atoms with Crippen molar-refractivity contribution >= 4 is 22.9 Å². The highest BCUT2D eigenvalue weighted by Crippen LogP contribution is 2.36. The van der Waals surface area contributed by atoms with Gasteiger partial charge in [-0.05, 0) is 44.4 Å². The Morgan fingerprint density at radius 2 is 1.96 bits per heavy atom. The zero-order chi connectivity index (χ0) is 17.1. The zero-order valence-corrected chi connectivity index (χ0v) is 15.3. The van der Waals surface area contributed by atoms with Gasteiger partial charge >= 0.3 is 0 Å². The number of thiazole rings is 1. The molecule has 25 heavy (non-hydrogen) atoms. The molecule has 1 unspecified atom stereocenters. The SMILES string of the molecule is O=C(Nc1ccccc1)C1CCCN1Cc1csc(C2CCCC2)n1. The van der Waals surface area contributed by atoms with Crippen molar-refractivity contribution in [3.8, 4) is 0 Å². The summed E-state index contributed by atoms with van der Waals surface area (Å²) in [6.07, 6.45) is 7.27. The molecule has 4 nitrogen and oxygen atoms in total. The third-order valence-corrected chi connectivity index (χ3v) is 6.40. The van der Waals surface area contributed by atoms with Crippen LogP contribution in [0.4, 0.5) is 5.69 Å². The molecular formula is C20H25N3OS. The molecule has 1 aromatic heterocycles. The van der Waals surface area contributed by atoms with Gasteiger partial charge < -0.3 is 5.32 Å². The molecule has 2 aliphatic rings. The fourth-order valence-corrected chi connectivity index (χ4v) is 5.01. The lowest BCUT2D eigenvalue weighted by atomic mass is 10.1. The molecule has 1 atom stereocenters. The van der Waals surface area contributed by atoms with E-state index in [4.69, 9.17) is 4.98 Å². The third-order valence-electron chi connectivity index (χ3n) is 5.35. The van der Waals surface area contributed by atoms with Crippen LogP contribution in [0.15, 0.2) is 35.7 Å². The maximum Gasteiger partial charge on any atom is 0.241 e. The summed E-state index contributed by atoms with van der Waals surface area (Å²) >= 11 is 1.80. The molecule has 0 bridgehead atoms. The Hall–Kier alpha value is -1.72. The van der Waals surface area contributed by atoms with Crippen LogP contribution in [0.3, 0.4) is 0 Å². The van der Waals surface area contributed by atoms with Crippen LogP contribution in [0.2, 0.25) is 0 Å². The normalized spacial score (nSPS) is 21.7. The van der Waals surface area contributed by atoms with E-state index in [-0.39, 0.29) is 11.9 Å². The first-order valence-corrected chi connectivity index (χ1v) is 10.2. The van der Waals surface area contributed by atoms with Gasteiger partial charge in [0.2, 0.25) is 5.91 Å². The van der Waals surface area contributed by atoms with Gasteiger partial charge in [-0.25, -0.2) is 4.98 Å². The number of anilines is 1. The largest absolute Gasteiger partial charge is 0.325 e. The molecule has 5 heteroatoms. The minimum atomic E-state index is -0.0446. The topological polar surface area (TPSA) is 45.2 Å². The lowest BCUT2D eigenvalue weighted by molar-refractivity contribution is -0.120. The number of benzene rings is 1. The second kappa shape index (κ2) is 7.67. The number of hydrogen-bond donors (Lipinski definition) is 1. The Labute approximate surface area is 153 Å². The van der Waals surface area contributed by atoms with Crippen LogP contribution in [0.1, 0.15) is 55.1 Å². The lowest BCUT2D eigenvalue weighted by Crippen LogP contribution is -2.39. The molecule has 4 rings (SSSR count). The molecule has 1 aromatic carbocycles. The van der Waals surface area contributed by atoms with Crippen molar-refractivity contribution in [3.63, 3.8) is 0 Å². The van der Waals surface area contributed by atoms with Gasteiger partial charge in [-0.2, -0.15) is 0 Å². The van der Waals surface area contributed by atoms with E-state index in [1.807, 2.05) is 30.3 Å². The molecule has 1 saturated carbocycles. The van der Waals surface area contributed by atoms with Gasteiger partial charge in [0.1, 0.15) is 0 Å². The molecule has 2 aromatic rings. The van der Waals surface area contributed by atoms with E-state index >= 15 is 0 Å². The van der Waals surface area contributed by atoms with E-state index in [1.165, 1.54) is 30.7 Å². The number of rotatable bonds is 5. The Balaban J connectivity index is 1.38. The van der Waals surface area contributed by atoms with Gasteiger partial charge in [-0.3, -0.25) is 9.69 Å². The Morgan fingerprint density at radius 1 is 1.16 bits per heavy atom. The minimum Gasteiger partial charge on any atom is -0.325 e. The summed E-state index contributed by atoms with van der Waals surface area (Å²) in [5.41, 5.74) is 2.00. The molecule has 2 heterocycles. The van der Waals surface area contributed by atoms with E-state index in [9.17, 15) is 4.79 Å². The van der Waals surface area contributed by atoms with Crippen LogP contribution >= 0.6 is 11.3 Å².